The number of anilines is 1. The molecule has 4 nitrogen and oxygen atoms in total. The zero-order valence-corrected chi connectivity index (χ0v) is 14.4. The molecule has 0 aromatic heterocycles. The highest BCUT2D eigenvalue weighted by molar-refractivity contribution is 5.87. The van der Waals surface area contributed by atoms with Crippen LogP contribution in [-0.4, -0.2) is 37.0 Å². The molecule has 1 aliphatic heterocycles. The molecule has 1 saturated heterocycles. The molecular formula is C20H25N3O. The lowest BCUT2D eigenvalue weighted by atomic mass is 9.91. The second kappa shape index (κ2) is 6.65. The molecule has 2 aromatic rings. The molecule has 1 amide bonds. The van der Waals surface area contributed by atoms with Gasteiger partial charge in [0.25, 0.3) is 0 Å². The van der Waals surface area contributed by atoms with Gasteiger partial charge in [0.2, 0.25) is 5.91 Å². The Bertz CT molecular complexity index is 704. The van der Waals surface area contributed by atoms with Crippen molar-refractivity contribution < 1.29 is 4.79 Å². The number of hydrogen-bond donors (Lipinski definition) is 1. The van der Waals surface area contributed by atoms with E-state index in [4.69, 9.17) is 5.73 Å². The van der Waals surface area contributed by atoms with Crippen molar-refractivity contribution in [1.29, 1.82) is 0 Å². The van der Waals surface area contributed by atoms with Gasteiger partial charge >= 0.3 is 0 Å². The molecule has 24 heavy (non-hydrogen) atoms. The molecule has 0 saturated carbocycles. The quantitative estimate of drug-likeness (QED) is 0.944. The molecule has 1 heterocycles. The van der Waals surface area contributed by atoms with Crippen LogP contribution in [0.5, 0.6) is 0 Å². The zero-order valence-electron chi connectivity index (χ0n) is 14.4. The number of carbonyl (C=O) groups excluding carboxylic acids is 1. The molecule has 1 unspecified atom stereocenters. The number of piperazine rings is 1. The summed E-state index contributed by atoms with van der Waals surface area (Å²) in [6.45, 7) is 6.97. The molecule has 1 atom stereocenters. The van der Waals surface area contributed by atoms with Gasteiger partial charge < -0.3 is 15.5 Å². The maximum absolute atomic E-state index is 12.9. The predicted octanol–water partition coefficient (Wildman–Crippen LogP) is 2.52. The van der Waals surface area contributed by atoms with Gasteiger partial charge in [-0.25, -0.2) is 0 Å². The highest BCUT2D eigenvalue weighted by atomic mass is 16.2. The van der Waals surface area contributed by atoms with Crippen molar-refractivity contribution in [2.45, 2.75) is 19.4 Å². The van der Waals surface area contributed by atoms with Crippen molar-refractivity contribution in [3.8, 4) is 0 Å². The van der Waals surface area contributed by atoms with E-state index in [0.717, 1.165) is 18.7 Å². The first-order valence-electron chi connectivity index (χ1n) is 8.44. The Morgan fingerprint density at radius 2 is 1.67 bits per heavy atom. The zero-order chi connectivity index (χ0) is 17.2. The van der Waals surface area contributed by atoms with Crippen LogP contribution < -0.4 is 10.6 Å². The summed E-state index contributed by atoms with van der Waals surface area (Å²) in [5, 5.41) is 0. The number of carbonyl (C=O) groups is 1. The van der Waals surface area contributed by atoms with Crippen molar-refractivity contribution in [2.75, 3.05) is 31.1 Å². The van der Waals surface area contributed by atoms with E-state index < -0.39 is 5.54 Å². The van der Waals surface area contributed by atoms with Crippen LogP contribution in [0.1, 0.15) is 18.1 Å². The largest absolute Gasteiger partial charge is 0.368 e. The van der Waals surface area contributed by atoms with E-state index in [0.29, 0.717) is 13.1 Å². The van der Waals surface area contributed by atoms with Gasteiger partial charge in [0, 0.05) is 31.9 Å². The average molecular weight is 323 g/mol. The summed E-state index contributed by atoms with van der Waals surface area (Å²) in [5.41, 5.74) is 8.73. The van der Waals surface area contributed by atoms with Crippen molar-refractivity contribution in [1.82, 2.24) is 4.90 Å². The Morgan fingerprint density at radius 1 is 1.00 bits per heavy atom. The average Bonchev–Trinajstić information content (AvgIpc) is 2.62. The molecule has 1 fully saturated rings. The van der Waals surface area contributed by atoms with Crippen LogP contribution in [0.4, 0.5) is 5.69 Å². The molecule has 0 aliphatic carbocycles. The third-order valence-corrected chi connectivity index (χ3v) is 4.75. The molecule has 0 bridgehead atoms. The Morgan fingerprint density at radius 3 is 2.29 bits per heavy atom. The smallest absolute Gasteiger partial charge is 0.247 e. The normalized spacial score (nSPS) is 17.5. The minimum Gasteiger partial charge on any atom is -0.368 e. The molecule has 4 heteroatoms. The van der Waals surface area contributed by atoms with Crippen molar-refractivity contribution >= 4 is 11.6 Å². The van der Waals surface area contributed by atoms with Gasteiger partial charge in [-0.1, -0.05) is 42.5 Å². The number of aryl methyl sites for hydroxylation is 1. The molecule has 2 aromatic carbocycles. The fourth-order valence-electron chi connectivity index (χ4n) is 3.23. The molecule has 1 aliphatic rings. The van der Waals surface area contributed by atoms with Crippen LogP contribution in [0.2, 0.25) is 0 Å². The van der Waals surface area contributed by atoms with Crippen LogP contribution >= 0.6 is 0 Å². The van der Waals surface area contributed by atoms with Crippen LogP contribution in [0, 0.1) is 6.92 Å². The first-order valence-corrected chi connectivity index (χ1v) is 8.44. The van der Waals surface area contributed by atoms with Crippen molar-refractivity contribution in [3.05, 3.63) is 65.7 Å². The summed E-state index contributed by atoms with van der Waals surface area (Å²) in [4.78, 5) is 17.1. The molecule has 3 rings (SSSR count). The molecule has 0 radical (unpaired) electrons. The Hall–Kier alpha value is -2.33. The van der Waals surface area contributed by atoms with E-state index in [1.54, 1.807) is 6.92 Å². The van der Waals surface area contributed by atoms with Gasteiger partial charge in [-0.05, 0) is 37.1 Å². The van der Waals surface area contributed by atoms with E-state index in [-0.39, 0.29) is 5.91 Å². The fourth-order valence-corrected chi connectivity index (χ4v) is 3.23. The van der Waals surface area contributed by atoms with Gasteiger partial charge in [-0.2, -0.15) is 0 Å². The Labute approximate surface area is 143 Å². The fraction of sp³-hybridized carbons (Fsp3) is 0.350. The first kappa shape index (κ1) is 16.5. The maximum Gasteiger partial charge on any atom is 0.247 e. The van der Waals surface area contributed by atoms with Crippen molar-refractivity contribution in [2.24, 2.45) is 5.73 Å². The molecule has 126 valence electrons. The van der Waals surface area contributed by atoms with Crippen LogP contribution in [0.25, 0.3) is 0 Å². The Balaban J connectivity index is 1.67. The predicted molar refractivity (Wildman–Crippen MR) is 98.0 cm³/mol. The summed E-state index contributed by atoms with van der Waals surface area (Å²) in [7, 11) is 0. The standard InChI is InChI=1S/C20H25N3O/c1-16-7-6-10-18(15-16)22-11-13-23(14-12-22)19(24)20(2,21)17-8-4-3-5-9-17/h3-10,15H,11-14,21H2,1-2H3. The lowest BCUT2D eigenvalue weighted by Gasteiger charge is -2.39. The molecular weight excluding hydrogens is 298 g/mol. The third kappa shape index (κ3) is 3.29. The minimum absolute atomic E-state index is 0.00223. The van der Waals surface area contributed by atoms with Gasteiger partial charge in [0.1, 0.15) is 5.54 Å². The van der Waals surface area contributed by atoms with Gasteiger partial charge in [-0.3, -0.25) is 4.79 Å². The lowest BCUT2D eigenvalue weighted by Crippen LogP contribution is -2.56. The summed E-state index contributed by atoms with van der Waals surface area (Å²) in [6.07, 6.45) is 0. The van der Waals surface area contributed by atoms with Crippen LogP contribution in [-0.2, 0) is 10.3 Å². The van der Waals surface area contributed by atoms with E-state index in [2.05, 4.69) is 36.1 Å². The molecule has 0 spiro atoms. The highest BCUT2D eigenvalue weighted by Gasteiger charge is 2.35. The first-order chi connectivity index (χ1) is 11.5. The van der Waals surface area contributed by atoms with E-state index in [1.807, 2.05) is 35.2 Å². The minimum atomic E-state index is -0.979. The van der Waals surface area contributed by atoms with Gasteiger partial charge in [0.15, 0.2) is 0 Å². The van der Waals surface area contributed by atoms with Gasteiger partial charge in [0.05, 0.1) is 0 Å². The number of amides is 1. The summed E-state index contributed by atoms with van der Waals surface area (Å²) >= 11 is 0. The number of benzene rings is 2. The van der Waals surface area contributed by atoms with Crippen LogP contribution in [0.15, 0.2) is 54.6 Å². The van der Waals surface area contributed by atoms with E-state index >= 15 is 0 Å². The summed E-state index contributed by atoms with van der Waals surface area (Å²) in [5.74, 6) is -0.00223. The van der Waals surface area contributed by atoms with Crippen molar-refractivity contribution in [3.63, 3.8) is 0 Å². The molecule has 2 N–H and O–H groups in total. The van der Waals surface area contributed by atoms with Crippen LogP contribution in [0.3, 0.4) is 0 Å². The Kier molecular flexibility index (Phi) is 4.58. The summed E-state index contributed by atoms with van der Waals surface area (Å²) in [6, 6.07) is 18.1. The second-order valence-electron chi connectivity index (χ2n) is 6.69. The third-order valence-electron chi connectivity index (χ3n) is 4.75. The second-order valence-corrected chi connectivity index (χ2v) is 6.69. The highest BCUT2D eigenvalue weighted by Crippen LogP contribution is 2.23. The van der Waals surface area contributed by atoms with E-state index in [1.165, 1.54) is 11.3 Å². The lowest BCUT2D eigenvalue weighted by molar-refractivity contribution is -0.137. The summed E-state index contributed by atoms with van der Waals surface area (Å²) < 4.78 is 0. The maximum atomic E-state index is 12.9. The van der Waals surface area contributed by atoms with E-state index in [9.17, 15) is 4.79 Å². The monoisotopic (exact) mass is 323 g/mol. The number of rotatable bonds is 3. The number of nitrogens with zero attached hydrogens (tertiary/aromatic N) is 2. The topological polar surface area (TPSA) is 49.6 Å². The SMILES string of the molecule is Cc1cccc(N2CCN(C(=O)C(C)(N)c3ccccc3)CC2)c1. The number of nitrogens with two attached hydrogens (primary N) is 1. The number of hydrogen-bond acceptors (Lipinski definition) is 3. The van der Waals surface area contributed by atoms with Gasteiger partial charge in [-0.15, -0.1) is 0 Å².